The quantitative estimate of drug-likeness (QED) is 0.667. The van der Waals surface area contributed by atoms with E-state index in [0.717, 1.165) is 31.6 Å². The fourth-order valence-electron chi connectivity index (χ4n) is 2.91. The number of imidazole rings is 1. The first-order valence-corrected chi connectivity index (χ1v) is 9.12. The molecule has 0 radical (unpaired) electrons. The van der Waals surface area contributed by atoms with Crippen LogP contribution in [0.15, 0.2) is 42.9 Å². The number of likely N-dealkylation sites (N-methyl/N-ethyl adjacent to an activating group) is 1. The molecule has 6 heteroatoms. The molecule has 0 fully saturated rings. The van der Waals surface area contributed by atoms with Crippen LogP contribution in [0.25, 0.3) is 0 Å². The number of hydrogen-bond acceptors (Lipinski definition) is 4. The van der Waals surface area contributed by atoms with Crippen LogP contribution in [0.3, 0.4) is 0 Å². The Morgan fingerprint density at radius 3 is 2.73 bits per heavy atom. The molecule has 2 aromatic rings. The molecule has 26 heavy (non-hydrogen) atoms. The molecule has 1 N–H and O–H groups in total. The molecule has 0 aliphatic carbocycles. The van der Waals surface area contributed by atoms with Gasteiger partial charge in [0.1, 0.15) is 0 Å². The predicted molar refractivity (Wildman–Crippen MR) is 103 cm³/mol. The number of aryl methyl sites for hydroxylation is 2. The summed E-state index contributed by atoms with van der Waals surface area (Å²) in [6.07, 6.45) is 5.42. The molecule has 6 nitrogen and oxygen atoms in total. The molecule has 1 heterocycles. The second kappa shape index (κ2) is 10.7. The number of hydrogen-bond donors (Lipinski definition) is 1. The first-order valence-electron chi connectivity index (χ1n) is 9.12. The minimum absolute atomic E-state index is 0.00932. The van der Waals surface area contributed by atoms with Crippen LogP contribution in [0.4, 0.5) is 0 Å². The molecule has 0 aliphatic rings. The zero-order valence-corrected chi connectivity index (χ0v) is 16.0. The zero-order valence-electron chi connectivity index (χ0n) is 16.0. The molecule has 1 unspecified atom stereocenters. The molecule has 0 aliphatic heterocycles. The molecule has 0 saturated carbocycles. The van der Waals surface area contributed by atoms with Gasteiger partial charge >= 0.3 is 0 Å². The van der Waals surface area contributed by atoms with Crippen LogP contribution in [-0.2, 0) is 29.5 Å². The fourth-order valence-corrected chi connectivity index (χ4v) is 2.91. The molecule has 2 rings (SSSR count). The summed E-state index contributed by atoms with van der Waals surface area (Å²) in [6, 6.07) is 10.2. The van der Waals surface area contributed by atoms with Crippen LogP contribution in [0.2, 0.25) is 0 Å². The smallest absolute Gasteiger partial charge is 0.234 e. The second-order valence-electron chi connectivity index (χ2n) is 6.58. The maximum absolute atomic E-state index is 12.5. The number of nitrogens with one attached hydrogen (secondary N) is 1. The van der Waals surface area contributed by atoms with Gasteiger partial charge in [-0.25, -0.2) is 4.98 Å². The van der Waals surface area contributed by atoms with Crippen molar-refractivity contribution in [3.63, 3.8) is 0 Å². The summed E-state index contributed by atoms with van der Waals surface area (Å²) >= 11 is 0. The lowest BCUT2D eigenvalue weighted by Gasteiger charge is -2.23. The van der Waals surface area contributed by atoms with Crippen LogP contribution in [0, 0.1) is 0 Å². The average molecular weight is 358 g/mol. The summed E-state index contributed by atoms with van der Waals surface area (Å²) in [6.45, 7) is 4.56. The predicted octanol–water partition coefficient (Wildman–Crippen LogP) is 2.01. The number of aromatic nitrogens is 2. The number of methoxy groups -OCH3 is 1. The molecule has 0 spiro atoms. The molecule has 1 aromatic heterocycles. The van der Waals surface area contributed by atoms with Crippen molar-refractivity contribution >= 4 is 5.91 Å². The van der Waals surface area contributed by atoms with E-state index >= 15 is 0 Å². The Kier molecular flexibility index (Phi) is 8.31. The Bertz CT molecular complexity index is 657. The topological polar surface area (TPSA) is 59.4 Å². The number of nitrogens with zero attached hydrogens (tertiary/aromatic N) is 3. The molecular formula is C20H30N4O2. The zero-order chi connectivity index (χ0) is 18.8. The molecule has 0 bridgehead atoms. The maximum Gasteiger partial charge on any atom is 0.234 e. The van der Waals surface area contributed by atoms with Crippen molar-refractivity contribution in [1.82, 2.24) is 19.8 Å². The Morgan fingerprint density at radius 1 is 1.35 bits per heavy atom. The summed E-state index contributed by atoms with van der Waals surface area (Å²) in [5.41, 5.74) is 2.24. The highest BCUT2D eigenvalue weighted by atomic mass is 16.5. The van der Waals surface area contributed by atoms with Gasteiger partial charge in [-0.2, -0.15) is 0 Å². The highest BCUT2D eigenvalue weighted by Crippen LogP contribution is 2.06. The lowest BCUT2D eigenvalue weighted by molar-refractivity contribution is -0.123. The number of benzene rings is 1. The van der Waals surface area contributed by atoms with E-state index in [2.05, 4.69) is 34.3 Å². The van der Waals surface area contributed by atoms with E-state index in [1.807, 2.05) is 36.0 Å². The largest absolute Gasteiger partial charge is 0.383 e. The van der Waals surface area contributed by atoms with Crippen molar-refractivity contribution in [2.24, 2.45) is 7.05 Å². The lowest BCUT2D eigenvalue weighted by atomic mass is 10.1. The number of ether oxygens (including phenoxy) is 1. The number of rotatable bonds is 11. The number of carbonyl (C=O) groups is 1. The SMILES string of the molecule is CCN(CC(=O)NC(CCc1cn(C)cn1)COC)Cc1ccccc1. The number of carbonyl (C=O) groups excluding carboxylic acids is 1. The van der Waals surface area contributed by atoms with Crippen LogP contribution in [0.1, 0.15) is 24.6 Å². The Morgan fingerprint density at radius 2 is 2.12 bits per heavy atom. The summed E-state index contributed by atoms with van der Waals surface area (Å²) in [5.74, 6) is 0.0332. The van der Waals surface area contributed by atoms with Crippen molar-refractivity contribution in [2.75, 3.05) is 26.8 Å². The third-order valence-corrected chi connectivity index (χ3v) is 4.30. The van der Waals surface area contributed by atoms with Crippen molar-refractivity contribution in [3.8, 4) is 0 Å². The van der Waals surface area contributed by atoms with Gasteiger partial charge in [0.25, 0.3) is 0 Å². The van der Waals surface area contributed by atoms with Crippen LogP contribution >= 0.6 is 0 Å². The maximum atomic E-state index is 12.5. The first kappa shape index (κ1) is 20.1. The minimum Gasteiger partial charge on any atom is -0.383 e. The third kappa shape index (κ3) is 6.98. The van der Waals surface area contributed by atoms with Crippen molar-refractivity contribution < 1.29 is 9.53 Å². The lowest BCUT2D eigenvalue weighted by Crippen LogP contribution is -2.44. The Labute approximate surface area is 156 Å². The first-order chi connectivity index (χ1) is 12.6. The molecule has 1 amide bonds. The summed E-state index contributed by atoms with van der Waals surface area (Å²) in [7, 11) is 3.62. The molecule has 1 atom stereocenters. The van der Waals surface area contributed by atoms with E-state index in [1.165, 1.54) is 5.56 Å². The van der Waals surface area contributed by atoms with Gasteiger partial charge in [-0.15, -0.1) is 0 Å². The van der Waals surface area contributed by atoms with Gasteiger partial charge < -0.3 is 14.6 Å². The highest BCUT2D eigenvalue weighted by molar-refractivity contribution is 5.78. The average Bonchev–Trinajstić information content (AvgIpc) is 3.05. The summed E-state index contributed by atoms with van der Waals surface area (Å²) in [5, 5.41) is 3.11. The molecule has 0 saturated heterocycles. The summed E-state index contributed by atoms with van der Waals surface area (Å²) in [4.78, 5) is 18.9. The van der Waals surface area contributed by atoms with Gasteiger partial charge in [-0.3, -0.25) is 9.69 Å². The Balaban J connectivity index is 1.82. The van der Waals surface area contributed by atoms with Gasteiger partial charge in [0.15, 0.2) is 0 Å². The van der Waals surface area contributed by atoms with Gasteiger partial charge in [-0.1, -0.05) is 37.3 Å². The summed E-state index contributed by atoms with van der Waals surface area (Å²) < 4.78 is 7.20. The van der Waals surface area contributed by atoms with Crippen LogP contribution < -0.4 is 5.32 Å². The van der Waals surface area contributed by atoms with Gasteiger partial charge in [0.05, 0.1) is 31.2 Å². The van der Waals surface area contributed by atoms with E-state index in [9.17, 15) is 4.79 Å². The van der Waals surface area contributed by atoms with E-state index in [4.69, 9.17) is 4.74 Å². The molecular weight excluding hydrogens is 328 g/mol. The van der Waals surface area contributed by atoms with E-state index < -0.39 is 0 Å². The standard InChI is InChI=1S/C20H30N4O2/c1-4-24(12-17-8-6-5-7-9-17)14-20(25)22-19(15-26-3)11-10-18-13-23(2)16-21-18/h5-9,13,16,19H,4,10-12,14-15H2,1-3H3,(H,22,25). The number of amides is 1. The molecule has 142 valence electrons. The highest BCUT2D eigenvalue weighted by Gasteiger charge is 2.15. The van der Waals surface area contributed by atoms with Crippen LogP contribution in [0.5, 0.6) is 0 Å². The van der Waals surface area contributed by atoms with Crippen molar-refractivity contribution in [1.29, 1.82) is 0 Å². The normalized spacial score (nSPS) is 12.3. The molecule has 1 aromatic carbocycles. The Hall–Kier alpha value is -2.18. The van der Waals surface area contributed by atoms with E-state index in [0.29, 0.717) is 13.2 Å². The van der Waals surface area contributed by atoms with E-state index in [1.54, 1.807) is 13.4 Å². The van der Waals surface area contributed by atoms with Gasteiger partial charge in [0, 0.05) is 26.9 Å². The monoisotopic (exact) mass is 358 g/mol. The van der Waals surface area contributed by atoms with E-state index in [-0.39, 0.29) is 11.9 Å². The van der Waals surface area contributed by atoms with Crippen molar-refractivity contribution in [2.45, 2.75) is 32.4 Å². The minimum atomic E-state index is -0.00932. The third-order valence-electron chi connectivity index (χ3n) is 4.30. The van der Waals surface area contributed by atoms with Gasteiger partial charge in [0.2, 0.25) is 5.91 Å². The fraction of sp³-hybridized carbons (Fsp3) is 0.500. The van der Waals surface area contributed by atoms with Crippen LogP contribution in [-0.4, -0.2) is 53.2 Å². The van der Waals surface area contributed by atoms with Gasteiger partial charge in [-0.05, 0) is 24.9 Å². The second-order valence-corrected chi connectivity index (χ2v) is 6.58. The van der Waals surface area contributed by atoms with Crippen molar-refractivity contribution in [3.05, 3.63) is 54.1 Å².